The molecule has 0 aliphatic carbocycles. The van der Waals surface area contributed by atoms with E-state index in [1.165, 1.54) is 0 Å². The fourth-order valence-corrected chi connectivity index (χ4v) is 1.18. The molecule has 0 bridgehead atoms. The lowest BCUT2D eigenvalue weighted by molar-refractivity contribution is -0.163. The number of amides is 1. The molecule has 0 radical (unpaired) electrons. The Morgan fingerprint density at radius 2 is 2.17 bits per heavy atom. The number of nitrogens with two attached hydrogens (primary N) is 1. The molecule has 0 aromatic rings. The molecule has 0 aromatic carbocycles. The lowest BCUT2D eigenvalue weighted by Crippen LogP contribution is -2.46. The molecule has 0 aromatic heterocycles. The molecule has 70 valence electrons. The Kier molecular flexibility index (Phi) is 2.27. The van der Waals surface area contributed by atoms with Gasteiger partial charge in [0.1, 0.15) is 6.04 Å². The van der Waals surface area contributed by atoms with Gasteiger partial charge in [0.05, 0.1) is 5.92 Å². The van der Waals surface area contributed by atoms with E-state index in [1.807, 2.05) is 0 Å². The summed E-state index contributed by atoms with van der Waals surface area (Å²) in [5.41, 5.74) is 4.86. The van der Waals surface area contributed by atoms with Crippen molar-refractivity contribution in [2.75, 3.05) is 6.54 Å². The van der Waals surface area contributed by atoms with Gasteiger partial charge in [-0.2, -0.15) is 13.2 Å². The normalized spacial score (nSPS) is 27.0. The summed E-state index contributed by atoms with van der Waals surface area (Å²) >= 11 is 0. The number of alkyl halides is 3. The number of halogens is 3. The number of hydrogen-bond donors (Lipinski definition) is 2. The van der Waals surface area contributed by atoms with E-state index in [9.17, 15) is 18.0 Å². The third-order valence-corrected chi connectivity index (χ3v) is 1.90. The molecule has 0 spiro atoms. The van der Waals surface area contributed by atoms with Gasteiger partial charge in [0.15, 0.2) is 0 Å². The minimum Gasteiger partial charge on any atom is -0.356 e. The molecule has 1 rings (SSSR count). The van der Waals surface area contributed by atoms with Crippen LogP contribution in [0.5, 0.6) is 0 Å². The summed E-state index contributed by atoms with van der Waals surface area (Å²) in [5, 5.41) is 2.30. The first-order chi connectivity index (χ1) is 5.43. The third kappa shape index (κ3) is 1.69. The van der Waals surface area contributed by atoms with Crippen LogP contribution in [0.15, 0.2) is 0 Å². The smallest absolute Gasteiger partial charge is 0.356 e. The summed E-state index contributed by atoms with van der Waals surface area (Å²) in [6, 6.07) is -2.03. The molecule has 1 heterocycles. The van der Waals surface area contributed by atoms with Crippen molar-refractivity contribution in [3.05, 3.63) is 0 Å². The Morgan fingerprint density at radius 1 is 1.58 bits per heavy atom. The second-order valence-corrected chi connectivity index (χ2v) is 2.75. The van der Waals surface area contributed by atoms with E-state index in [2.05, 4.69) is 5.32 Å². The molecule has 2 atom stereocenters. The van der Waals surface area contributed by atoms with Gasteiger partial charge in [-0.25, -0.2) is 0 Å². The lowest BCUT2D eigenvalue weighted by Gasteiger charge is -2.19. The highest BCUT2D eigenvalue weighted by atomic mass is 19.4. The van der Waals surface area contributed by atoms with Crippen molar-refractivity contribution in [1.29, 1.82) is 0 Å². The molecule has 12 heavy (non-hydrogen) atoms. The topological polar surface area (TPSA) is 55.1 Å². The summed E-state index contributed by atoms with van der Waals surface area (Å²) < 4.78 is 35.9. The first-order valence-corrected chi connectivity index (χ1v) is 3.53. The zero-order valence-electron chi connectivity index (χ0n) is 6.19. The standard InChI is InChI=1S/C6H9F3N2O/c7-6(8,9)4(10)3-1-2-11-5(3)12/h3-4H,1-2,10H2,(H,11,12)/t3-,4?/m0/s1. The fourth-order valence-electron chi connectivity index (χ4n) is 1.18. The van der Waals surface area contributed by atoms with Crippen molar-refractivity contribution in [3.8, 4) is 0 Å². The van der Waals surface area contributed by atoms with Gasteiger partial charge < -0.3 is 11.1 Å². The van der Waals surface area contributed by atoms with Crippen LogP contribution in [-0.2, 0) is 4.79 Å². The maximum absolute atomic E-state index is 12.0. The third-order valence-electron chi connectivity index (χ3n) is 1.90. The van der Waals surface area contributed by atoms with Crippen LogP contribution in [0.25, 0.3) is 0 Å². The van der Waals surface area contributed by atoms with Gasteiger partial charge in [-0.15, -0.1) is 0 Å². The Bertz CT molecular complexity index is 192. The van der Waals surface area contributed by atoms with Crippen molar-refractivity contribution in [3.63, 3.8) is 0 Å². The van der Waals surface area contributed by atoms with Crippen molar-refractivity contribution < 1.29 is 18.0 Å². The minimum absolute atomic E-state index is 0.166. The van der Waals surface area contributed by atoms with Crippen LogP contribution < -0.4 is 11.1 Å². The van der Waals surface area contributed by atoms with Crippen molar-refractivity contribution in [1.82, 2.24) is 5.32 Å². The summed E-state index contributed by atoms with van der Waals surface area (Å²) in [5.74, 6) is -1.70. The van der Waals surface area contributed by atoms with E-state index < -0.39 is 24.0 Å². The fraction of sp³-hybridized carbons (Fsp3) is 0.833. The first kappa shape index (κ1) is 9.31. The van der Waals surface area contributed by atoms with E-state index in [1.54, 1.807) is 0 Å². The van der Waals surface area contributed by atoms with Crippen LogP contribution in [0.4, 0.5) is 13.2 Å². The second kappa shape index (κ2) is 2.93. The zero-order valence-corrected chi connectivity index (χ0v) is 6.19. The average Bonchev–Trinajstić information content (AvgIpc) is 2.31. The largest absolute Gasteiger partial charge is 0.404 e. The zero-order chi connectivity index (χ0) is 9.35. The van der Waals surface area contributed by atoms with Crippen molar-refractivity contribution >= 4 is 5.91 Å². The van der Waals surface area contributed by atoms with Gasteiger partial charge in [-0.05, 0) is 6.42 Å². The molecular weight excluding hydrogens is 173 g/mol. The SMILES string of the molecule is NC([C@@H]1CCNC1=O)C(F)(F)F. The van der Waals surface area contributed by atoms with Gasteiger partial charge in [0.25, 0.3) is 0 Å². The monoisotopic (exact) mass is 182 g/mol. The minimum atomic E-state index is -4.48. The molecular formula is C6H9F3N2O. The van der Waals surface area contributed by atoms with Crippen LogP contribution in [0.2, 0.25) is 0 Å². The molecule has 1 amide bonds. The molecule has 3 N–H and O–H groups in total. The first-order valence-electron chi connectivity index (χ1n) is 3.53. The Morgan fingerprint density at radius 3 is 2.50 bits per heavy atom. The van der Waals surface area contributed by atoms with Crippen LogP contribution in [0.3, 0.4) is 0 Å². The van der Waals surface area contributed by atoms with Crippen molar-refractivity contribution in [2.24, 2.45) is 11.7 Å². The van der Waals surface area contributed by atoms with Gasteiger partial charge in [0, 0.05) is 6.54 Å². The highest BCUT2D eigenvalue weighted by molar-refractivity contribution is 5.81. The lowest BCUT2D eigenvalue weighted by atomic mass is 9.99. The summed E-state index contributed by atoms with van der Waals surface area (Å²) in [7, 11) is 0. The predicted molar refractivity (Wildman–Crippen MR) is 35.1 cm³/mol. The van der Waals surface area contributed by atoms with Gasteiger partial charge in [0.2, 0.25) is 5.91 Å². The van der Waals surface area contributed by atoms with Crippen LogP contribution in [0.1, 0.15) is 6.42 Å². The second-order valence-electron chi connectivity index (χ2n) is 2.75. The summed E-state index contributed by atoms with van der Waals surface area (Å²) in [6.07, 6.45) is -4.31. The molecule has 1 fully saturated rings. The highest BCUT2D eigenvalue weighted by Crippen LogP contribution is 2.27. The predicted octanol–water partition coefficient (Wildman–Crippen LogP) is 0.0121. The average molecular weight is 182 g/mol. The number of carbonyl (C=O) groups excluding carboxylic acids is 1. The Balaban J connectivity index is 2.63. The molecule has 1 aliphatic heterocycles. The molecule has 1 aliphatic rings. The maximum atomic E-state index is 12.0. The molecule has 3 nitrogen and oxygen atoms in total. The van der Waals surface area contributed by atoms with E-state index >= 15 is 0 Å². The number of hydrogen-bond acceptors (Lipinski definition) is 2. The summed E-state index contributed by atoms with van der Waals surface area (Å²) in [4.78, 5) is 10.8. The number of nitrogens with one attached hydrogen (secondary N) is 1. The Hall–Kier alpha value is -0.780. The van der Waals surface area contributed by atoms with Gasteiger partial charge >= 0.3 is 6.18 Å². The molecule has 0 saturated carbocycles. The maximum Gasteiger partial charge on any atom is 0.404 e. The van der Waals surface area contributed by atoms with Crippen LogP contribution >= 0.6 is 0 Å². The highest BCUT2D eigenvalue weighted by Gasteiger charge is 2.46. The van der Waals surface area contributed by atoms with Gasteiger partial charge in [-0.1, -0.05) is 0 Å². The van der Waals surface area contributed by atoms with Crippen LogP contribution in [-0.4, -0.2) is 24.7 Å². The quantitative estimate of drug-likeness (QED) is 0.600. The Labute approximate surface area is 67.1 Å². The number of carbonyl (C=O) groups is 1. The molecule has 1 saturated heterocycles. The molecule has 1 unspecified atom stereocenters. The molecule has 6 heteroatoms. The van der Waals surface area contributed by atoms with Crippen LogP contribution in [0, 0.1) is 5.92 Å². The van der Waals surface area contributed by atoms with Crippen molar-refractivity contribution in [2.45, 2.75) is 18.6 Å². The number of rotatable bonds is 1. The van der Waals surface area contributed by atoms with E-state index in [-0.39, 0.29) is 13.0 Å². The van der Waals surface area contributed by atoms with E-state index in [0.29, 0.717) is 0 Å². The summed E-state index contributed by atoms with van der Waals surface area (Å²) in [6.45, 7) is 0.285. The van der Waals surface area contributed by atoms with E-state index in [0.717, 1.165) is 0 Å². The van der Waals surface area contributed by atoms with Gasteiger partial charge in [-0.3, -0.25) is 4.79 Å². The van der Waals surface area contributed by atoms with E-state index in [4.69, 9.17) is 5.73 Å².